The van der Waals surface area contributed by atoms with E-state index in [1.807, 2.05) is 21.9 Å². The zero-order chi connectivity index (χ0) is 33.8. The second-order valence-electron chi connectivity index (χ2n) is 13.8. The molecule has 49 heavy (non-hydrogen) atoms. The Morgan fingerprint density at radius 1 is 0.612 bits per heavy atom. The Balaban J connectivity index is 0.000000148. The fraction of sp³-hybridized carbons (Fsp3) is 0.605. The maximum absolute atomic E-state index is 12.7. The molecule has 2 aromatic rings. The van der Waals surface area contributed by atoms with Crippen LogP contribution in [0.15, 0.2) is 48.5 Å². The van der Waals surface area contributed by atoms with Crippen LogP contribution in [0.25, 0.3) is 0 Å². The summed E-state index contributed by atoms with van der Waals surface area (Å²) in [5.41, 5.74) is 3.37. The molecule has 6 aliphatic rings. The van der Waals surface area contributed by atoms with Crippen molar-refractivity contribution in [3.63, 3.8) is 0 Å². The molecule has 266 valence electrons. The van der Waals surface area contributed by atoms with Crippen LogP contribution in [-0.4, -0.2) is 160 Å². The van der Waals surface area contributed by atoms with E-state index in [9.17, 15) is 14.4 Å². The molecule has 2 aliphatic carbocycles. The monoisotopic (exact) mass is 674 g/mol. The van der Waals surface area contributed by atoms with Crippen molar-refractivity contribution < 1.29 is 23.9 Å². The van der Waals surface area contributed by atoms with Crippen LogP contribution in [0.1, 0.15) is 62.3 Å². The van der Waals surface area contributed by atoms with Crippen molar-refractivity contribution in [1.29, 1.82) is 0 Å². The number of hydrogen-bond donors (Lipinski definition) is 1. The van der Waals surface area contributed by atoms with E-state index in [4.69, 9.17) is 9.47 Å². The van der Waals surface area contributed by atoms with E-state index >= 15 is 0 Å². The van der Waals surface area contributed by atoms with E-state index in [1.165, 1.54) is 31.2 Å². The van der Waals surface area contributed by atoms with Gasteiger partial charge in [-0.25, -0.2) is 0 Å². The Kier molecular flexibility index (Phi) is 13.2. The van der Waals surface area contributed by atoms with Gasteiger partial charge in [-0.05, 0) is 55.5 Å². The molecule has 0 spiro atoms. The second kappa shape index (κ2) is 18.2. The SMILES string of the molecule is C1COCCN1.O=C(c1ccc(CN2CCOCC2)cc1)N1CCN(C2CC2)CC1.O=Cc1ccc(C(=O)N2CCN(C3CC3)CC2)cc1. The summed E-state index contributed by atoms with van der Waals surface area (Å²) in [5, 5.41) is 3.16. The smallest absolute Gasteiger partial charge is 0.253 e. The maximum Gasteiger partial charge on any atom is 0.253 e. The summed E-state index contributed by atoms with van der Waals surface area (Å²) in [4.78, 5) is 46.9. The van der Waals surface area contributed by atoms with Crippen LogP contribution in [0.3, 0.4) is 0 Å². The lowest BCUT2D eigenvalue weighted by atomic mass is 10.1. The Hall–Kier alpha value is -3.19. The minimum absolute atomic E-state index is 0.0768. The van der Waals surface area contributed by atoms with Crippen LogP contribution >= 0.6 is 0 Å². The van der Waals surface area contributed by atoms with Crippen molar-refractivity contribution in [3.05, 3.63) is 70.8 Å². The van der Waals surface area contributed by atoms with Crippen LogP contribution in [0.2, 0.25) is 0 Å². The van der Waals surface area contributed by atoms with E-state index in [0.717, 1.165) is 135 Å². The number of carbonyl (C=O) groups excluding carboxylic acids is 3. The number of ether oxygens (including phenoxy) is 2. The van der Waals surface area contributed by atoms with Crippen LogP contribution in [0.4, 0.5) is 0 Å². The molecule has 6 fully saturated rings. The summed E-state index contributed by atoms with van der Waals surface area (Å²) in [6.45, 7) is 15.8. The summed E-state index contributed by atoms with van der Waals surface area (Å²) >= 11 is 0. The Labute approximate surface area is 291 Å². The molecule has 11 nitrogen and oxygen atoms in total. The van der Waals surface area contributed by atoms with Crippen molar-refractivity contribution in [2.45, 2.75) is 44.3 Å². The summed E-state index contributed by atoms with van der Waals surface area (Å²) < 4.78 is 10.4. The van der Waals surface area contributed by atoms with Gasteiger partial charge in [0.25, 0.3) is 11.8 Å². The molecule has 0 aromatic heterocycles. The third kappa shape index (κ3) is 10.9. The van der Waals surface area contributed by atoms with Gasteiger partial charge < -0.3 is 24.6 Å². The van der Waals surface area contributed by atoms with Crippen molar-refractivity contribution in [1.82, 2.24) is 29.8 Å². The van der Waals surface area contributed by atoms with Gasteiger partial charge in [-0.2, -0.15) is 0 Å². The van der Waals surface area contributed by atoms with Crippen molar-refractivity contribution >= 4 is 18.1 Å². The Morgan fingerprint density at radius 2 is 1.06 bits per heavy atom. The Morgan fingerprint density at radius 3 is 1.45 bits per heavy atom. The molecule has 1 N–H and O–H groups in total. The molecule has 11 heteroatoms. The lowest BCUT2D eigenvalue weighted by Gasteiger charge is -2.34. The van der Waals surface area contributed by atoms with Crippen molar-refractivity contribution in [2.75, 3.05) is 105 Å². The average Bonchev–Trinajstić information content (AvgIpc) is 4.11. The van der Waals surface area contributed by atoms with Crippen molar-refractivity contribution in [3.8, 4) is 0 Å². The first-order chi connectivity index (χ1) is 24.1. The first kappa shape index (κ1) is 35.6. The second-order valence-corrected chi connectivity index (χ2v) is 13.8. The number of aldehydes is 1. The molecule has 4 heterocycles. The fourth-order valence-corrected chi connectivity index (χ4v) is 6.82. The largest absolute Gasteiger partial charge is 0.379 e. The van der Waals surface area contributed by atoms with Gasteiger partial charge in [0, 0.05) is 114 Å². The molecule has 2 aromatic carbocycles. The van der Waals surface area contributed by atoms with E-state index in [2.05, 4.69) is 32.1 Å². The quantitative estimate of drug-likeness (QED) is 0.445. The first-order valence-electron chi connectivity index (χ1n) is 18.4. The predicted molar refractivity (Wildman–Crippen MR) is 189 cm³/mol. The van der Waals surface area contributed by atoms with Crippen LogP contribution in [-0.2, 0) is 16.0 Å². The molecule has 0 radical (unpaired) electrons. The van der Waals surface area contributed by atoms with Gasteiger partial charge in [0.2, 0.25) is 0 Å². The molecule has 4 saturated heterocycles. The lowest BCUT2D eigenvalue weighted by molar-refractivity contribution is 0.0342. The highest BCUT2D eigenvalue weighted by Gasteiger charge is 2.33. The minimum Gasteiger partial charge on any atom is -0.379 e. The molecule has 2 amide bonds. The highest BCUT2D eigenvalue weighted by molar-refractivity contribution is 5.95. The molecule has 0 unspecified atom stereocenters. The Bertz CT molecular complexity index is 1310. The van der Waals surface area contributed by atoms with E-state index in [1.54, 1.807) is 24.3 Å². The summed E-state index contributed by atoms with van der Waals surface area (Å²) in [6.07, 6.45) is 6.13. The number of carbonyl (C=O) groups is 3. The third-order valence-corrected chi connectivity index (χ3v) is 10.2. The maximum atomic E-state index is 12.7. The van der Waals surface area contributed by atoms with Crippen LogP contribution < -0.4 is 5.32 Å². The average molecular weight is 675 g/mol. The van der Waals surface area contributed by atoms with Gasteiger partial charge >= 0.3 is 0 Å². The number of hydrogen-bond acceptors (Lipinski definition) is 9. The number of nitrogens with one attached hydrogen (secondary N) is 1. The molecule has 4 aliphatic heterocycles. The third-order valence-electron chi connectivity index (χ3n) is 10.2. The summed E-state index contributed by atoms with van der Waals surface area (Å²) in [5.74, 6) is 0.260. The minimum atomic E-state index is 0.0768. The number of rotatable bonds is 7. The topological polar surface area (TPSA) is 97.9 Å². The number of piperazine rings is 2. The molecular weight excluding hydrogens is 620 g/mol. The number of benzene rings is 2. The lowest BCUT2D eigenvalue weighted by Crippen LogP contribution is -2.49. The molecule has 0 bridgehead atoms. The zero-order valence-electron chi connectivity index (χ0n) is 29.0. The van der Waals surface area contributed by atoms with Gasteiger partial charge in [0.1, 0.15) is 6.29 Å². The van der Waals surface area contributed by atoms with Gasteiger partial charge in [0.15, 0.2) is 0 Å². The van der Waals surface area contributed by atoms with Crippen LogP contribution in [0.5, 0.6) is 0 Å². The zero-order valence-corrected chi connectivity index (χ0v) is 29.0. The highest BCUT2D eigenvalue weighted by Crippen LogP contribution is 2.28. The van der Waals surface area contributed by atoms with Crippen LogP contribution in [0, 0.1) is 0 Å². The predicted octanol–water partition coefficient (Wildman–Crippen LogP) is 2.46. The number of nitrogens with zero attached hydrogens (tertiary/aromatic N) is 5. The molecule has 2 saturated carbocycles. The molecule has 0 atom stereocenters. The first-order valence-corrected chi connectivity index (χ1v) is 18.4. The number of amides is 2. The molecular formula is C38H54N6O5. The van der Waals surface area contributed by atoms with E-state index in [-0.39, 0.29) is 11.8 Å². The fourth-order valence-electron chi connectivity index (χ4n) is 6.82. The van der Waals surface area contributed by atoms with Crippen molar-refractivity contribution in [2.24, 2.45) is 0 Å². The van der Waals surface area contributed by atoms with E-state index in [0.29, 0.717) is 11.1 Å². The standard InChI is InChI=1S/C19H27N3O2.C15H18N2O2.C4H9NO/c23-19(22-9-7-21(8-10-22)18-5-6-18)17-3-1-16(2-4-17)15-20-11-13-24-14-12-20;18-11-12-1-3-13(4-2-12)15(19)17-9-7-16(8-10-17)14-5-6-14;1-3-6-4-2-5-1/h1-4,18H,5-15H2;1-4,11,14H,5-10H2;5H,1-4H2. The van der Waals surface area contributed by atoms with E-state index < -0.39 is 0 Å². The summed E-state index contributed by atoms with van der Waals surface area (Å²) in [7, 11) is 0. The van der Waals surface area contributed by atoms with Gasteiger partial charge in [-0.1, -0.05) is 24.3 Å². The van der Waals surface area contributed by atoms with Gasteiger partial charge in [-0.15, -0.1) is 0 Å². The normalized spacial score (nSPS) is 22.3. The highest BCUT2D eigenvalue weighted by atomic mass is 16.5. The summed E-state index contributed by atoms with van der Waals surface area (Å²) in [6, 6.07) is 16.6. The molecule has 8 rings (SSSR count). The van der Waals surface area contributed by atoms with Gasteiger partial charge in [0.05, 0.1) is 26.4 Å². The van der Waals surface area contributed by atoms with Gasteiger partial charge in [-0.3, -0.25) is 29.1 Å². The number of morpholine rings is 2.